The molecule has 0 radical (unpaired) electrons. The maximum atomic E-state index is 15.0. The van der Waals surface area contributed by atoms with Gasteiger partial charge in [-0.2, -0.15) is 0 Å². The Morgan fingerprint density at radius 3 is 2.45 bits per heavy atom. The summed E-state index contributed by atoms with van der Waals surface area (Å²) < 4.78 is 22.5. The van der Waals surface area contributed by atoms with Crippen molar-refractivity contribution in [1.82, 2.24) is 24.5 Å². The Morgan fingerprint density at radius 2 is 1.73 bits per heavy atom. The molecular weight excluding hydrogens is 421 g/mol. The molecule has 3 aromatic heterocycles. The third-order valence-corrected chi connectivity index (χ3v) is 5.28. The van der Waals surface area contributed by atoms with Crippen LogP contribution in [0.2, 0.25) is 0 Å². The van der Waals surface area contributed by atoms with E-state index in [9.17, 15) is 4.39 Å². The van der Waals surface area contributed by atoms with Crippen molar-refractivity contribution in [1.29, 1.82) is 0 Å². The highest BCUT2D eigenvalue weighted by atomic mass is 19.1. The molecule has 33 heavy (non-hydrogen) atoms. The van der Waals surface area contributed by atoms with E-state index in [2.05, 4.69) is 19.9 Å². The summed E-state index contributed by atoms with van der Waals surface area (Å²) in [6.45, 7) is 1.82. The van der Waals surface area contributed by atoms with Crippen LogP contribution < -0.4 is 16.2 Å². The Kier molecular flexibility index (Phi) is 4.86. The number of nitrogens with two attached hydrogens (primary N) is 2. The zero-order valence-corrected chi connectivity index (χ0v) is 18.0. The summed E-state index contributed by atoms with van der Waals surface area (Å²) in [5, 5.41) is 0.685. The molecule has 0 aliphatic heterocycles. The van der Waals surface area contributed by atoms with Crippen molar-refractivity contribution in [3.05, 3.63) is 72.3 Å². The summed E-state index contributed by atoms with van der Waals surface area (Å²) in [7, 11) is 1.87. The van der Waals surface area contributed by atoms with Crippen molar-refractivity contribution in [2.45, 2.75) is 6.92 Å². The molecule has 0 aliphatic rings. The molecule has 4 N–H and O–H groups in total. The van der Waals surface area contributed by atoms with Crippen LogP contribution in [0.5, 0.6) is 11.8 Å². The van der Waals surface area contributed by atoms with Crippen LogP contribution in [-0.2, 0) is 7.05 Å². The lowest BCUT2D eigenvalue weighted by atomic mass is 10.1. The lowest BCUT2D eigenvalue weighted by molar-refractivity contribution is 0.436. The van der Waals surface area contributed by atoms with Gasteiger partial charge in [-0.15, -0.1) is 0 Å². The van der Waals surface area contributed by atoms with Crippen LogP contribution in [0.4, 0.5) is 15.9 Å². The number of benzene rings is 2. The number of nitrogen functional groups attached to an aromatic ring is 2. The molecular formula is C24H20FN7O. The standard InChI is InChI=1S/C24H20FN7O/c1-13-9-10-28-24(29-13)33-16-7-8-17(19(25)11-16)22-30-21(27)18-12-20(32(2)23(18)31-22)14-3-5-15(26)6-4-14/h3-12H,26H2,1-2H3,(H2,27,30,31). The molecule has 0 amide bonds. The number of fused-ring (bicyclic) bond motifs is 1. The summed E-state index contributed by atoms with van der Waals surface area (Å²) in [4.78, 5) is 17.1. The fraction of sp³-hybridized carbons (Fsp3) is 0.0833. The van der Waals surface area contributed by atoms with Crippen LogP contribution >= 0.6 is 0 Å². The Balaban J connectivity index is 1.53. The average Bonchev–Trinajstić information content (AvgIpc) is 3.11. The van der Waals surface area contributed by atoms with Crippen LogP contribution in [0.25, 0.3) is 33.7 Å². The van der Waals surface area contributed by atoms with Crippen LogP contribution in [0.1, 0.15) is 5.69 Å². The summed E-state index contributed by atoms with van der Waals surface area (Å²) in [5.41, 5.74) is 16.1. The first-order valence-corrected chi connectivity index (χ1v) is 10.2. The number of aryl methyl sites for hydroxylation is 2. The number of hydrogen-bond acceptors (Lipinski definition) is 7. The van der Waals surface area contributed by atoms with E-state index in [1.165, 1.54) is 6.07 Å². The maximum absolute atomic E-state index is 15.0. The van der Waals surface area contributed by atoms with Gasteiger partial charge in [-0.1, -0.05) is 12.1 Å². The van der Waals surface area contributed by atoms with Crippen LogP contribution in [0, 0.1) is 12.7 Å². The molecule has 0 fully saturated rings. The number of rotatable bonds is 4. The van der Waals surface area contributed by atoms with Gasteiger partial charge in [0, 0.05) is 30.7 Å². The van der Waals surface area contributed by atoms with Gasteiger partial charge in [0.25, 0.3) is 0 Å². The van der Waals surface area contributed by atoms with Crippen LogP contribution in [0.3, 0.4) is 0 Å². The van der Waals surface area contributed by atoms with Gasteiger partial charge in [0.2, 0.25) is 0 Å². The molecule has 0 saturated heterocycles. The third-order valence-electron chi connectivity index (χ3n) is 5.28. The van der Waals surface area contributed by atoms with E-state index in [4.69, 9.17) is 16.2 Å². The van der Waals surface area contributed by atoms with Gasteiger partial charge >= 0.3 is 6.01 Å². The molecule has 0 bridgehead atoms. The fourth-order valence-electron chi connectivity index (χ4n) is 3.59. The van der Waals surface area contributed by atoms with Gasteiger partial charge in [0.05, 0.1) is 16.6 Å². The number of halogens is 1. The van der Waals surface area contributed by atoms with Gasteiger partial charge in [-0.3, -0.25) is 0 Å². The van der Waals surface area contributed by atoms with Gasteiger partial charge in [-0.25, -0.2) is 24.3 Å². The summed E-state index contributed by atoms with van der Waals surface area (Å²) in [5.74, 6) is 0.161. The van der Waals surface area contributed by atoms with E-state index in [0.29, 0.717) is 16.7 Å². The molecule has 0 atom stereocenters. The molecule has 3 heterocycles. The first-order valence-electron chi connectivity index (χ1n) is 10.2. The third kappa shape index (κ3) is 3.80. The largest absolute Gasteiger partial charge is 0.424 e. The summed E-state index contributed by atoms with van der Waals surface area (Å²) in [6.07, 6.45) is 1.58. The maximum Gasteiger partial charge on any atom is 0.322 e. The molecule has 5 aromatic rings. The Morgan fingerprint density at radius 1 is 0.939 bits per heavy atom. The minimum atomic E-state index is -0.549. The molecule has 164 valence electrons. The number of nitrogens with zero attached hydrogens (tertiary/aromatic N) is 5. The number of hydrogen-bond donors (Lipinski definition) is 2. The number of ether oxygens (including phenoxy) is 1. The molecule has 0 spiro atoms. The lowest BCUT2D eigenvalue weighted by Gasteiger charge is -2.08. The summed E-state index contributed by atoms with van der Waals surface area (Å²) >= 11 is 0. The first kappa shape index (κ1) is 20.4. The zero-order valence-electron chi connectivity index (χ0n) is 18.0. The monoisotopic (exact) mass is 441 g/mol. The van der Waals surface area contributed by atoms with Crippen molar-refractivity contribution in [2.24, 2.45) is 7.05 Å². The molecule has 0 aliphatic carbocycles. The highest BCUT2D eigenvalue weighted by Crippen LogP contribution is 2.32. The van der Waals surface area contributed by atoms with Crippen molar-refractivity contribution in [2.75, 3.05) is 11.5 Å². The van der Waals surface area contributed by atoms with Gasteiger partial charge in [0.15, 0.2) is 5.82 Å². The first-order chi connectivity index (χ1) is 15.9. The van der Waals surface area contributed by atoms with E-state index < -0.39 is 5.82 Å². The van der Waals surface area contributed by atoms with Crippen LogP contribution in [0.15, 0.2) is 60.8 Å². The van der Waals surface area contributed by atoms with Crippen molar-refractivity contribution >= 4 is 22.5 Å². The van der Waals surface area contributed by atoms with E-state index in [1.54, 1.807) is 24.4 Å². The molecule has 8 nitrogen and oxygen atoms in total. The van der Waals surface area contributed by atoms with Crippen molar-refractivity contribution in [3.63, 3.8) is 0 Å². The normalized spacial score (nSPS) is 11.1. The van der Waals surface area contributed by atoms with Crippen molar-refractivity contribution < 1.29 is 9.13 Å². The second-order valence-electron chi connectivity index (χ2n) is 7.60. The SMILES string of the molecule is Cc1ccnc(Oc2ccc(-c3nc(N)c4cc(-c5ccc(N)cc5)n(C)c4n3)c(F)c2)n1. The number of anilines is 2. The molecule has 0 unspecified atom stereocenters. The average molecular weight is 441 g/mol. The molecule has 2 aromatic carbocycles. The minimum Gasteiger partial charge on any atom is -0.424 e. The van der Waals surface area contributed by atoms with Gasteiger partial charge in [0.1, 0.15) is 23.0 Å². The summed E-state index contributed by atoms with van der Waals surface area (Å²) in [6, 6.07) is 15.7. The van der Waals surface area contributed by atoms with Crippen molar-refractivity contribution in [3.8, 4) is 34.4 Å². The molecule has 5 rings (SSSR count). The lowest BCUT2D eigenvalue weighted by Crippen LogP contribution is -2.01. The van der Waals surface area contributed by atoms with Gasteiger partial charge < -0.3 is 20.8 Å². The van der Waals surface area contributed by atoms with Gasteiger partial charge in [-0.05, 0) is 48.9 Å². The van der Waals surface area contributed by atoms with E-state index in [1.807, 2.05) is 48.9 Å². The van der Waals surface area contributed by atoms with E-state index in [-0.39, 0.29) is 29.0 Å². The Bertz CT molecular complexity index is 1500. The Labute approximate surface area is 188 Å². The van der Waals surface area contributed by atoms with Crippen LogP contribution in [-0.4, -0.2) is 24.5 Å². The zero-order chi connectivity index (χ0) is 23.1. The smallest absolute Gasteiger partial charge is 0.322 e. The predicted octanol–water partition coefficient (Wildman–Crippen LogP) is 4.50. The number of aromatic nitrogens is 5. The minimum absolute atomic E-state index is 0.142. The molecule has 9 heteroatoms. The van der Waals surface area contributed by atoms with E-state index >= 15 is 0 Å². The second-order valence-corrected chi connectivity index (χ2v) is 7.60. The topological polar surface area (TPSA) is 118 Å². The second kappa shape index (κ2) is 7.86. The molecule has 0 saturated carbocycles. The highest BCUT2D eigenvalue weighted by Gasteiger charge is 2.17. The van der Waals surface area contributed by atoms with E-state index in [0.717, 1.165) is 17.0 Å². The predicted molar refractivity (Wildman–Crippen MR) is 125 cm³/mol. The Hall–Kier alpha value is -4.53. The quantitative estimate of drug-likeness (QED) is 0.394. The fourth-order valence-corrected chi connectivity index (χ4v) is 3.59. The highest BCUT2D eigenvalue weighted by molar-refractivity contribution is 5.93.